The fourth-order valence-electron chi connectivity index (χ4n) is 6.52. The highest BCUT2D eigenvalue weighted by Gasteiger charge is 2.53. The smallest absolute Gasteiger partial charge is 0.338 e. The number of sulfonamides is 1. The van der Waals surface area contributed by atoms with Crippen molar-refractivity contribution in [2.75, 3.05) is 19.7 Å². The molecule has 1 heterocycles. The molecule has 3 aliphatic rings. The number of ether oxygens (including phenoxy) is 1. The van der Waals surface area contributed by atoms with Crippen LogP contribution in [0.1, 0.15) is 82.5 Å². The molecule has 1 amide bonds. The maximum Gasteiger partial charge on any atom is 0.338 e. The van der Waals surface area contributed by atoms with E-state index in [0.717, 1.165) is 32.1 Å². The van der Waals surface area contributed by atoms with Crippen molar-refractivity contribution in [3.8, 4) is 0 Å². The van der Waals surface area contributed by atoms with Gasteiger partial charge in [0, 0.05) is 19.1 Å². The molecule has 7 nitrogen and oxygen atoms in total. The summed E-state index contributed by atoms with van der Waals surface area (Å²) in [5.74, 6) is -0.533. The maximum atomic E-state index is 13.5. The quantitative estimate of drug-likeness (QED) is 0.580. The molecule has 2 unspecified atom stereocenters. The zero-order valence-corrected chi connectivity index (χ0v) is 21.5. The zero-order chi connectivity index (χ0) is 24.6. The molecule has 1 N–H and O–H groups in total. The number of hydrogen-bond donors (Lipinski definition) is 1. The summed E-state index contributed by atoms with van der Waals surface area (Å²) in [5.41, 5.74) is 0.210. The average molecular weight is 491 g/mol. The van der Waals surface area contributed by atoms with Gasteiger partial charge in [0.2, 0.25) is 10.0 Å². The van der Waals surface area contributed by atoms with Gasteiger partial charge in [0.05, 0.1) is 10.5 Å². The Morgan fingerprint density at radius 3 is 2.59 bits per heavy atom. The zero-order valence-electron chi connectivity index (χ0n) is 20.6. The van der Waals surface area contributed by atoms with Gasteiger partial charge in [-0.05, 0) is 67.1 Å². The third-order valence-corrected chi connectivity index (χ3v) is 9.58. The van der Waals surface area contributed by atoms with Crippen LogP contribution >= 0.6 is 0 Å². The molecule has 0 spiro atoms. The molecule has 0 aromatic heterocycles. The number of hydrogen-bond acceptors (Lipinski definition) is 5. The Bertz CT molecular complexity index is 1030. The van der Waals surface area contributed by atoms with Crippen molar-refractivity contribution in [2.24, 2.45) is 16.7 Å². The van der Waals surface area contributed by atoms with Crippen molar-refractivity contribution in [3.63, 3.8) is 0 Å². The van der Waals surface area contributed by atoms with Gasteiger partial charge >= 0.3 is 5.97 Å². The lowest BCUT2D eigenvalue weighted by Crippen LogP contribution is -2.37. The lowest BCUT2D eigenvalue weighted by Gasteiger charge is -2.39. The number of nitrogens with one attached hydrogen (secondary N) is 1. The minimum Gasteiger partial charge on any atom is -0.452 e. The number of carbonyl (C=O) groups is 2. The lowest BCUT2D eigenvalue weighted by molar-refractivity contribution is -0.124. The SMILES string of the molecule is CC1(C)CC2CC(C)(CN2S(=O)(=O)c2cccc(C(=O)OCC(=O)NCC3CCCCC3)c2)C1. The van der Waals surface area contributed by atoms with Crippen LogP contribution in [0.2, 0.25) is 0 Å². The predicted octanol–water partition coefficient (Wildman–Crippen LogP) is 4.13. The maximum absolute atomic E-state index is 13.5. The Morgan fingerprint density at radius 1 is 1.12 bits per heavy atom. The van der Waals surface area contributed by atoms with Crippen molar-refractivity contribution >= 4 is 21.9 Å². The first-order valence-corrected chi connectivity index (χ1v) is 14.0. The number of nitrogens with zero attached hydrogens (tertiary/aromatic N) is 1. The van der Waals surface area contributed by atoms with E-state index >= 15 is 0 Å². The van der Waals surface area contributed by atoms with Gasteiger partial charge in [-0.3, -0.25) is 4.79 Å². The van der Waals surface area contributed by atoms with E-state index in [0.29, 0.717) is 19.0 Å². The Hall–Kier alpha value is -1.93. The van der Waals surface area contributed by atoms with Crippen LogP contribution in [0, 0.1) is 16.7 Å². The molecule has 1 aromatic rings. The summed E-state index contributed by atoms with van der Waals surface area (Å²) in [5, 5.41) is 2.84. The van der Waals surface area contributed by atoms with Crippen LogP contribution in [0.3, 0.4) is 0 Å². The topological polar surface area (TPSA) is 92.8 Å². The second-order valence-corrected chi connectivity index (χ2v) is 13.6. The predicted molar refractivity (Wildman–Crippen MR) is 130 cm³/mol. The number of carbonyl (C=O) groups excluding carboxylic acids is 2. The highest BCUT2D eigenvalue weighted by Crippen LogP contribution is 2.53. The van der Waals surface area contributed by atoms with Gasteiger partial charge in [0.1, 0.15) is 0 Å². The van der Waals surface area contributed by atoms with E-state index in [-0.39, 0.29) is 39.8 Å². The van der Waals surface area contributed by atoms with E-state index in [1.165, 1.54) is 37.5 Å². The van der Waals surface area contributed by atoms with Crippen LogP contribution in [0.25, 0.3) is 0 Å². The second-order valence-electron chi connectivity index (χ2n) is 11.7. The summed E-state index contributed by atoms with van der Waals surface area (Å²) in [6.07, 6.45) is 8.59. The van der Waals surface area contributed by atoms with Gasteiger partial charge in [-0.2, -0.15) is 4.31 Å². The molecule has 1 aromatic carbocycles. The molecule has 188 valence electrons. The van der Waals surface area contributed by atoms with Crippen LogP contribution in [0.4, 0.5) is 0 Å². The molecule has 4 rings (SSSR count). The first-order valence-electron chi connectivity index (χ1n) is 12.5. The van der Waals surface area contributed by atoms with Crippen molar-refractivity contribution in [3.05, 3.63) is 29.8 Å². The molecular weight excluding hydrogens is 452 g/mol. The Morgan fingerprint density at radius 2 is 1.85 bits per heavy atom. The molecule has 3 fully saturated rings. The Balaban J connectivity index is 1.37. The van der Waals surface area contributed by atoms with E-state index in [9.17, 15) is 18.0 Å². The molecule has 34 heavy (non-hydrogen) atoms. The van der Waals surface area contributed by atoms with Crippen molar-refractivity contribution in [2.45, 2.75) is 83.1 Å². The van der Waals surface area contributed by atoms with Crippen LogP contribution in [-0.2, 0) is 19.6 Å². The van der Waals surface area contributed by atoms with Gasteiger partial charge in [-0.1, -0.05) is 46.1 Å². The van der Waals surface area contributed by atoms with Crippen molar-refractivity contribution in [1.29, 1.82) is 0 Å². The molecule has 8 heteroatoms. The molecule has 0 radical (unpaired) electrons. The van der Waals surface area contributed by atoms with Gasteiger partial charge in [0.15, 0.2) is 6.61 Å². The van der Waals surface area contributed by atoms with Crippen LogP contribution < -0.4 is 5.32 Å². The molecular formula is C26H38N2O5S. The van der Waals surface area contributed by atoms with E-state index in [4.69, 9.17) is 4.74 Å². The van der Waals surface area contributed by atoms with Crippen molar-refractivity contribution < 1.29 is 22.7 Å². The second kappa shape index (κ2) is 9.61. The highest BCUT2D eigenvalue weighted by atomic mass is 32.2. The highest BCUT2D eigenvalue weighted by molar-refractivity contribution is 7.89. The fourth-order valence-corrected chi connectivity index (χ4v) is 8.34. The minimum atomic E-state index is -3.74. The third-order valence-electron chi connectivity index (χ3n) is 7.69. The van der Waals surface area contributed by atoms with Crippen LogP contribution in [0.15, 0.2) is 29.2 Å². The van der Waals surface area contributed by atoms with Crippen LogP contribution in [-0.4, -0.2) is 50.3 Å². The summed E-state index contributed by atoms with van der Waals surface area (Å²) in [6, 6.07) is 5.95. The van der Waals surface area contributed by atoms with E-state index < -0.39 is 16.0 Å². The first kappa shape index (κ1) is 25.2. The van der Waals surface area contributed by atoms with E-state index in [1.54, 1.807) is 10.4 Å². The molecule has 1 aliphatic heterocycles. The number of rotatable bonds is 7. The summed E-state index contributed by atoms with van der Waals surface area (Å²) in [4.78, 5) is 24.8. The number of fused-ring (bicyclic) bond motifs is 2. The van der Waals surface area contributed by atoms with Crippen LogP contribution in [0.5, 0.6) is 0 Å². The van der Waals surface area contributed by atoms with Gasteiger partial charge in [-0.15, -0.1) is 0 Å². The van der Waals surface area contributed by atoms with Gasteiger partial charge < -0.3 is 10.1 Å². The average Bonchev–Trinajstić information content (AvgIpc) is 3.06. The van der Waals surface area contributed by atoms with E-state index in [1.807, 2.05) is 0 Å². The van der Waals surface area contributed by atoms with Gasteiger partial charge in [-0.25, -0.2) is 13.2 Å². The van der Waals surface area contributed by atoms with E-state index in [2.05, 4.69) is 26.1 Å². The molecule has 2 atom stereocenters. The number of amides is 1. The standard InChI is InChI=1S/C26H38N2O5S/c1-25(2)13-21-14-26(3,17-25)18-28(21)34(31,32)22-11-7-10-20(12-22)24(30)33-16-23(29)27-15-19-8-5-4-6-9-19/h7,10-12,19,21H,4-6,8-9,13-18H2,1-3H3,(H,27,29). The Labute approximate surface area is 203 Å². The molecule has 2 bridgehead atoms. The number of esters is 1. The summed E-state index contributed by atoms with van der Waals surface area (Å²) >= 11 is 0. The lowest BCUT2D eigenvalue weighted by atomic mass is 9.65. The minimum absolute atomic E-state index is 0.0257. The Kier molecular flexibility index (Phi) is 7.11. The monoisotopic (exact) mass is 490 g/mol. The summed E-state index contributed by atoms with van der Waals surface area (Å²) < 4.78 is 33.8. The summed E-state index contributed by atoms with van der Waals surface area (Å²) in [6.45, 7) is 7.31. The van der Waals surface area contributed by atoms with Gasteiger partial charge in [0.25, 0.3) is 5.91 Å². The molecule has 2 saturated carbocycles. The first-order chi connectivity index (χ1) is 16.0. The largest absolute Gasteiger partial charge is 0.452 e. The normalized spacial score (nSPS) is 27.3. The number of benzene rings is 1. The molecule has 2 aliphatic carbocycles. The van der Waals surface area contributed by atoms with Crippen molar-refractivity contribution in [1.82, 2.24) is 9.62 Å². The summed E-state index contributed by atoms with van der Waals surface area (Å²) in [7, 11) is -3.74. The fraction of sp³-hybridized carbons (Fsp3) is 0.692. The third kappa shape index (κ3) is 5.65. The molecule has 1 saturated heterocycles.